The SMILES string of the molecule is C=CCC(O)c1ccco1.C=CCC1=CC(O)CC1=O.C=CCC1=CC(O)CC1=O.C=CCC1C(=O)C=CC1O.C=C[CH2-].O=Cc1ccco1.[Cl-].[Mg+2]. The standard InChI is InChI=1S/4C8H10O2.C5H4O2.C3H5.ClH.Mg/c1-2-4-7(9)8-5-3-6-10-8;2*1-2-3-6-4-7(9)5-8(6)10;1-2-3-6-7(9)4-5-8(6)10;6-4-5-2-1-3-7-5;1-3-2;;/h2-3,5-7,9H,1,4H2;2*2,4,7,9H,1,3,5H2;2,4-7,9H,1,3H2;1-4H;3H,1-2H2;1H;/q;;;;;-1;;+2/p-1. The molecule has 5 rings (SSSR count). The number of aliphatic hydroxyl groups is 4. The number of hydrogen-bond donors (Lipinski definition) is 4. The van der Waals surface area contributed by atoms with Gasteiger partial charge >= 0.3 is 23.1 Å². The molecule has 52 heavy (non-hydrogen) atoms. The molecule has 0 spiro atoms. The monoisotopic (exact) mass is 748 g/mol. The fourth-order valence-corrected chi connectivity index (χ4v) is 4.25. The molecule has 0 amide bonds. The first-order chi connectivity index (χ1) is 23.9. The van der Waals surface area contributed by atoms with Crippen LogP contribution < -0.4 is 12.4 Å². The van der Waals surface area contributed by atoms with Gasteiger partial charge in [-0.15, -0.1) is 26.3 Å². The number of allylic oxidation sites excluding steroid dienone is 7. The van der Waals surface area contributed by atoms with E-state index in [1.54, 1.807) is 67.0 Å². The summed E-state index contributed by atoms with van der Waals surface area (Å²) in [5.74, 6) is 0.810. The van der Waals surface area contributed by atoms with Crippen molar-refractivity contribution in [2.75, 3.05) is 0 Å². The fraction of sp³-hybridized carbons (Fsp3) is 0.275. The van der Waals surface area contributed by atoms with Crippen molar-refractivity contribution < 1.29 is 60.8 Å². The number of hydrogen-bond acceptors (Lipinski definition) is 10. The summed E-state index contributed by atoms with van der Waals surface area (Å²) in [4.78, 5) is 42.5. The van der Waals surface area contributed by atoms with Crippen LogP contribution in [0.3, 0.4) is 0 Å². The number of furan rings is 2. The van der Waals surface area contributed by atoms with Crippen molar-refractivity contribution in [1.82, 2.24) is 0 Å². The molecule has 3 aliphatic carbocycles. The molecule has 12 heteroatoms. The van der Waals surface area contributed by atoms with Crippen LogP contribution in [0.5, 0.6) is 0 Å². The van der Waals surface area contributed by atoms with Crippen LogP contribution in [-0.2, 0) is 14.4 Å². The zero-order valence-corrected chi connectivity index (χ0v) is 31.6. The summed E-state index contributed by atoms with van der Waals surface area (Å²) in [5.41, 5.74) is 1.39. The summed E-state index contributed by atoms with van der Waals surface area (Å²) in [7, 11) is 0. The second kappa shape index (κ2) is 31.6. The minimum absolute atomic E-state index is 0. The van der Waals surface area contributed by atoms with Crippen LogP contribution in [0.2, 0.25) is 0 Å². The summed E-state index contributed by atoms with van der Waals surface area (Å²) >= 11 is 0. The van der Waals surface area contributed by atoms with E-state index in [1.807, 2.05) is 0 Å². The van der Waals surface area contributed by atoms with Gasteiger partial charge in [-0.05, 0) is 79.3 Å². The largest absolute Gasteiger partial charge is 2.00 e. The fourth-order valence-electron chi connectivity index (χ4n) is 4.25. The third-order valence-electron chi connectivity index (χ3n) is 6.60. The third-order valence-corrected chi connectivity index (χ3v) is 6.60. The molecular weight excluding hydrogens is 700 g/mol. The number of carbonyl (C=O) groups is 4. The van der Waals surface area contributed by atoms with Gasteiger partial charge in [0.1, 0.15) is 11.9 Å². The van der Waals surface area contributed by atoms with Gasteiger partial charge in [-0.3, -0.25) is 19.2 Å². The Morgan fingerprint density at radius 2 is 1.33 bits per heavy atom. The maximum Gasteiger partial charge on any atom is 2.00 e. The van der Waals surface area contributed by atoms with Crippen molar-refractivity contribution in [3.8, 4) is 0 Å². The Kier molecular flexibility index (Phi) is 31.8. The summed E-state index contributed by atoms with van der Waals surface area (Å²) < 4.78 is 9.56. The minimum Gasteiger partial charge on any atom is -1.00 e. The maximum absolute atomic E-state index is 10.9. The molecule has 2 aromatic heterocycles. The Bertz CT molecular complexity index is 1410. The molecule has 5 unspecified atom stereocenters. The zero-order chi connectivity index (χ0) is 37.9. The Balaban J connectivity index is -0.000000563. The number of aldehydes is 1. The van der Waals surface area contributed by atoms with Crippen molar-refractivity contribution in [1.29, 1.82) is 0 Å². The van der Waals surface area contributed by atoms with Gasteiger partial charge in [0.2, 0.25) is 0 Å². The summed E-state index contributed by atoms with van der Waals surface area (Å²) in [6, 6.07) is 6.77. The van der Waals surface area contributed by atoms with Crippen LogP contribution in [0, 0.1) is 12.8 Å². The predicted molar refractivity (Wildman–Crippen MR) is 199 cm³/mol. The van der Waals surface area contributed by atoms with Gasteiger partial charge in [0.05, 0.1) is 36.8 Å². The number of rotatable bonds is 10. The van der Waals surface area contributed by atoms with Crippen LogP contribution in [0.15, 0.2) is 144 Å². The average molecular weight is 750 g/mol. The van der Waals surface area contributed by atoms with Gasteiger partial charge in [0, 0.05) is 12.8 Å². The van der Waals surface area contributed by atoms with E-state index in [0.717, 1.165) is 0 Å². The van der Waals surface area contributed by atoms with Gasteiger partial charge in [-0.2, -0.15) is 0 Å². The molecule has 10 nitrogen and oxygen atoms in total. The van der Waals surface area contributed by atoms with E-state index < -0.39 is 24.4 Å². The molecule has 0 radical (unpaired) electrons. The van der Waals surface area contributed by atoms with Crippen molar-refractivity contribution >= 4 is 46.7 Å². The first kappa shape index (κ1) is 52.3. The van der Waals surface area contributed by atoms with E-state index in [4.69, 9.17) is 19.7 Å². The van der Waals surface area contributed by atoms with E-state index >= 15 is 0 Å². The Hall–Kier alpha value is -4.07. The normalized spacial score (nSPS) is 19.3. The second-order valence-corrected chi connectivity index (χ2v) is 10.6. The van der Waals surface area contributed by atoms with Gasteiger partial charge in [0.15, 0.2) is 29.4 Å². The molecule has 2 aromatic rings. The first-order valence-electron chi connectivity index (χ1n) is 15.7. The molecule has 3 aliphatic rings. The molecular formula is C40H49ClMgO10. The summed E-state index contributed by atoms with van der Waals surface area (Å²) in [5, 5.41) is 36.3. The van der Waals surface area contributed by atoms with Gasteiger partial charge < -0.3 is 41.7 Å². The van der Waals surface area contributed by atoms with Crippen LogP contribution >= 0.6 is 0 Å². The van der Waals surface area contributed by atoms with E-state index in [1.165, 1.54) is 24.5 Å². The molecule has 0 saturated carbocycles. The topological polar surface area (TPSA) is 175 Å². The quantitative estimate of drug-likeness (QED) is 0.122. The van der Waals surface area contributed by atoms with E-state index in [9.17, 15) is 24.3 Å². The van der Waals surface area contributed by atoms with Crippen LogP contribution in [0.4, 0.5) is 0 Å². The molecule has 0 aromatic carbocycles. The molecule has 0 fully saturated rings. The minimum atomic E-state index is -0.592. The number of ketones is 3. The van der Waals surface area contributed by atoms with Gasteiger partial charge in [-0.25, -0.2) is 19.6 Å². The average Bonchev–Trinajstić information content (AvgIpc) is 3.93. The molecule has 4 N–H and O–H groups in total. The predicted octanol–water partition coefficient (Wildman–Crippen LogP) is 2.93. The summed E-state index contributed by atoms with van der Waals surface area (Å²) in [6.45, 7) is 20.5. The Morgan fingerprint density at radius 1 is 0.827 bits per heavy atom. The van der Waals surface area contributed by atoms with Gasteiger partial charge in [-0.1, -0.05) is 30.4 Å². The van der Waals surface area contributed by atoms with Crippen molar-refractivity contribution in [3.05, 3.63) is 154 Å². The first-order valence-corrected chi connectivity index (χ1v) is 15.7. The zero-order valence-electron chi connectivity index (χ0n) is 29.4. The van der Waals surface area contributed by atoms with E-state index in [2.05, 4.69) is 44.2 Å². The van der Waals surface area contributed by atoms with Crippen LogP contribution in [-0.4, -0.2) is 85.4 Å². The number of Topliss-reactive ketones (excluding diaryl/α,β-unsaturated/α-hetero) is 2. The van der Waals surface area contributed by atoms with Gasteiger partial charge in [0.25, 0.3) is 0 Å². The number of halogens is 1. The third kappa shape index (κ3) is 22.0. The Morgan fingerprint density at radius 3 is 1.62 bits per heavy atom. The van der Waals surface area contributed by atoms with E-state index in [0.29, 0.717) is 54.6 Å². The van der Waals surface area contributed by atoms with Crippen molar-refractivity contribution in [3.63, 3.8) is 0 Å². The Labute approximate surface area is 328 Å². The van der Waals surface area contributed by atoms with Crippen molar-refractivity contribution in [2.24, 2.45) is 5.92 Å². The van der Waals surface area contributed by atoms with Crippen molar-refractivity contribution in [2.45, 2.75) is 62.9 Å². The molecule has 0 aliphatic heterocycles. The maximum atomic E-state index is 10.9. The number of aliphatic hydroxyl groups excluding tert-OH is 4. The second-order valence-electron chi connectivity index (χ2n) is 10.6. The molecule has 0 bridgehead atoms. The summed E-state index contributed by atoms with van der Waals surface area (Å²) in [6.07, 6.45) is 18.5. The van der Waals surface area contributed by atoms with E-state index in [-0.39, 0.29) is 71.6 Å². The van der Waals surface area contributed by atoms with Crippen LogP contribution in [0.1, 0.15) is 60.9 Å². The number of carbonyl (C=O) groups excluding carboxylic acids is 4. The molecule has 2 heterocycles. The molecule has 278 valence electrons. The molecule has 0 saturated heterocycles. The molecule has 5 atom stereocenters. The van der Waals surface area contributed by atoms with Crippen LogP contribution in [0.25, 0.3) is 0 Å². The smallest absolute Gasteiger partial charge is 1.00 e.